The highest BCUT2D eigenvalue weighted by atomic mass is 16.4. The van der Waals surface area contributed by atoms with Crippen molar-refractivity contribution < 1.29 is 9.90 Å². The number of hydrogen-bond acceptors (Lipinski definition) is 2. The summed E-state index contributed by atoms with van der Waals surface area (Å²) in [6, 6.07) is 0. The molecule has 0 aromatic rings. The van der Waals surface area contributed by atoms with Crippen LogP contribution in [0.1, 0.15) is 6.42 Å². The Morgan fingerprint density at radius 1 is 1.55 bits per heavy atom. The molecule has 1 N–H and O–H groups in total. The second kappa shape index (κ2) is 2.21. The van der Waals surface area contributed by atoms with Crippen molar-refractivity contribution in [2.45, 2.75) is 6.42 Å². The summed E-state index contributed by atoms with van der Waals surface area (Å²) in [7, 11) is 2.10. The average Bonchev–Trinajstić information content (AvgIpc) is 2.43. The van der Waals surface area contributed by atoms with Crippen LogP contribution in [0.3, 0.4) is 0 Å². The standard InChI is InChI=1S/C8H13NO2/c1-9-3-6-5(2-8(10)11)7(6)4-9/h5-7H,2-4H2,1H3,(H,10,11). The van der Waals surface area contributed by atoms with Crippen LogP contribution in [0.15, 0.2) is 0 Å². The zero-order valence-corrected chi connectivity index (χ0v) is 6.66. The highest BCUT2D eigenvalue weighted by Crippen LogP contribution is 2.52. The summed E-state index contributed by atoms with van der Waals surface area (Å²) < 4.78 is 0. The van der Waals surface area contributed by atoms with Crippen LogP contribution in [-0.2, 0) is 4.79 Å². The predicted molar refractivity (Wildman–Crippen MR) is 40.2 cm³/mol. The van der Waals surface area contributed by atoms with Crippen molar-refractivity contribution in [1.29, 1.82) is 0 Å². The van der Waals surface area contributed by atoms with Crippen LogP contribution >= 0.6 is 0 Å². The van der Waals surface area contributed by atoms with Gasteiger partial charge in [0.05, 0.1) is 0 Å². The lowest BCUT2D eigenvalue weighted by molar-refractivity contribution is -0.137. The molecular formula is C8H13NO2. The zero-order valence-electron chi connectivity index (χ0n) is 6.66. The molecule has 1 aliphatic heterocycles. The molecule has 0 radical (unpaired) electrons. The number of carbonyl (C=O) groups is 1. The Morgan fingerprint density at radius 2 is 2.09 bits per heavy atom. The van der Waals surface area contributed by atoms with Gasteiger partial charge < -0.3 is 10.0 Å². The summed E-state index contributed by atoms with van der Waals surface area (Å²) in [6.07, 6.45) is 0.392. The number of piperidine rings is 1. The summed E-state index contributed by atoms with van der Waals surface area (Å²) in [5.74, 6) is 1.28. The van der Waals surface area contributed by atoms with E-state index in [-0.39, 0.29) is 0 Å². The fraction of sp³-hybridized carbons (Fsp3) is 0.875. The number of aliphatic carboxylic acids is 1. The molecule has 1 saturated heterocycles. The summed E-state index contributed by atoms with van der Waals surface area (Å²) in [6.45, 7) is 2.23. The van der Waals surface area contributed by atoms with Crippen LogP contribution in [0, 0.1) is 17.8 Å². The summed E-state index contributed by atoms with van der Waals surface area (Å²) in [4.78, 5) is 12.6. The van der Waals surface area contributed by atoms with E-state index in [1.807, 2.05) is 0 Å². The maximum Gasteiger partial charge on any atom is 0.303 e. The van der Waals surface area contributed by atoms with Gasteiger partial charge in [-0.2, -0.15) is 0 Å². The Hall–Kier alpha value is -0.570. The highest BCUT2D eigenvalue weighted by Gasteiger charge is 2.54. The average molecular weight is 155 g/mol. The molecule has 1 aliphatic carbocycles. The molecule has 2 atom stereocenters. The molecule has 2 aliphatic rings. The molecular weight excluding hydrogens is 142 g/mol. The molecule has 1 saturated carbocycles. The van der Waals surface area contributed by atoms with E-state index in [1.165, 1.54) is 0 Å². The van der Waals surface area contributed by atoms with Gasteiger partial charge >= 0.3 is 5.97 Å². The Labute approximate surface area is 66.0 Å². The first-order valence-electron chi connectivity index (χ1n) is 4.09. The molecule has 2 unspecified atom stereocenters. The second-order valence-electron chi connectivity index (χ2n) is 3.81. The Kier molecular flexibility index (Phi) is 1.42. The van der Waals surface area contributed by atoms with Gasteiger partial charge in [0.2, 0.25) is 0 Å². The Morgan fingerprint density at radius 3 is 2.55 bits per heavy atom. The van der Waals surface area contributed by atoms with Crippen LogP contribution in [0.4, 0.5) is 0 Å². The first kappa shape index (κ1) is 7.10. The lowest BCUT2D eigenvalue weighted by Gasteiger charge is -2.11. The fourth-order valence-electron chi connectivity index (χ4n) is 2.36. The highest BCUT2D eigenvalue weighted by molar-refractivity contribution is 5.67. The Balaban J connectivity index is 1.83. The number of nitrogens with zero attached hydrogens (tertiary/aromatic N) is 1. The molecule has 0 aromatic carbocycles. The van der Waals surface area contributed by atoms with Gasteiger partial charge in [-0.3, -0.25) is 4.79 Å². The molecule has 0 amide bonds. The van der Waals surface area contributed by atoms with Gasteiger partial charge in [-0.25, -0.2) is 0 Å². The number of carboxylic acid groups (broad SMARTS) is 1. The van der Waals surface area contributed by atoms with Gasteiger partial charge in [0, 0.05) is 19.5 Å². The molecule has 3 heteroatoms. The SMILES string of the molecule is CN1CC2C(CC(=O)O)C2C1. The lowest BCUT2D eigenvalue weighted by Crippen LogP contribution is -2.19. The molecule has 0 spiro atoms. The third-order valence-electron chi connectivity index (χ3n) is 2.96. The molecule has 11 heavy (non-hydrogen) atoms. The third-order valence-corrected chi connectivity index (χ3v) is 2.96. The third kappa shape index (κ3) is 1.13. The monoisotopic (exact) mass is 155 g/mol. The van der Waals surface area contributed by atoms with Crippen LogP contribution < -0.4 is 0 Å². The quantitative estimate of drug-likeness (QED) is 0.622. The topological polar surface area (TPSA) is 40.5 Å². The van der Waals surface area contributed by atoms with Gasteiger partial charge in [-0.05, 0) is 24.8 Å². The van der Waals surface area contributed by atoms with Crippen LogP contribution in [0.5, 0.6) is 0 Å². The number of rotatable bonds is 2. The van der Waals surface area contributed by atoms with Gasteiger partial charge in [0.25, 0.3) is 0 Å². The molecule has 3 nitrogen and oxygen atoms in total. The van der Waals surface area contributed by atoms with Gasteiger partial charge in [0.15, 0.2) is 0 Å². The molecule has 0 aromatic heterocycles. The minimum Gasteiger partial charge on any atom is -0.481 e. The van der Waals surface area contributed by atoms with E-state index in [4.69, 9.17) is 5.11 Å². The van der Waals surface area contributed by atoms with Crippen molar-refractivity contribution in [2.75, 3.05) is 20.1 Å². The molecule has 1 heterocycles. The first-order valence-corrected chi connectivity index (χ1v) is 4.09. The van der Waals surface area contributed by atoms with Crippen molar-refractivity contribution >= 4 is 5.97 Å². The predicted octanol–water partition coefficient (Wildman–Crippen LogP) is 0.269. The van der Waals surface area contributed by atoms with Crippen LogP contribution in [0.25, 0.3) is 0 Å². The molecule has 2 fully saturated rings. The Bertz CT molecular complexity index is 181. The van der Waals surface area contributed by atoms with E-state index in [0.717, 1.165) is 13.1 Å². The number of carboxylic acids is 1. The van der Waals surface area contributed by atoms with Crippen LogP contribution in [0.2, 0.25) is 0 Å². The van der Waals surface area contributed by atoms with E-state index in [1.54, 1.807) is 0 Å². The largest absolute Gasteiger partial charge is 0.481 e. The first-order chi connectivity index (χ1) is 5.18. The van der Waals surface area contributed by atoms with Crippen molar-refractivity contribution in [3.8, 4) is 0 Å². The van der Waals surface area contributed by atoms with Crippen molar-refractivity contribution in [2.24, 2.45) is 17.8 Å². The van der Waals surface area contributed by atoms with Crippen molar-refractivity contribution in [1.82, 2.24) is 4.90 Å². The normalized spacial score (nSPS) is 42.1. The van der Waals surface area contributed by atoms with E-state index in [9.17, 15) is 4.79 Å². The van der Waals surface area contributed by atoms with E-state index >= 15 is 0 Å². The number of likely N-dealkylation sites (tertiary alicyclic amines) is 1. The van der Waals surface area contributed by atoms with Crippen molar-refractivity contribution in [3.05, 3.63) is 0 Å². The van der Waals surface area contributed by atoms with E-state index in [2.05, 4.69) is 11.9 Å². The molecule has 62 valence electrons. The second-order valence-corrected chi connectivity index (χ2v) is 3.81. The summed E-state index contributed by atoms with van der Waals surface area (Å²) >= 11 is 0. The zero-order chi connectivity index (χ0) is 8.01. The van der Waals surface area contributed by atoms with Gasteiger partial charge in [0.1, 0.15) is 0 Å². The smallest absolute Gasteiger partial charge is 0.303 e. The summed E-state index contributed by atoms with van der Waals surface area (Å²) in [5, 5.41) is 8.53. The molecule has 0 bridgehead atoms. The van der Waals surface area contributed by atoms with Gasteiger partial charge in [-0.15, -0.1) is 0 Å². The van der Waals surface area contributed by atoms with Crippen molar-refractivity contribution in [3.63, 3.8) is 0 Å². The van der Waals surface area contributed by atoms with E-state index < -0.39 is 5.97 Å². The fourth-order valence-corrected chi connectivity index (χ4v) is 2.36. The van der Waals surface area contributed by atoms with Gasteiger partial charge in [-0.1, -0.05) is 0 Å². The maximum absolute atomic E-state index is 10.3. The van der Waals surface area contributed by atoms with Crippen LogP contribution in [-0.4, -0.2) is 36.1 Å². The minimum absolute atomic E-state index is 0.392. The number of fused-ring (bicyclic) bond motifs is 1. The molecule has 2 rings (SSSR count). The minimum atomic E-state index is -0.632. The maximum atomic E-state index is 10.3. The van der Waals surface area contributed by atoms with E-state index in [0.29, 0.717) is 24.2 Å². The number of hydrogen-bond donors (Lipinski definition) is 1. The lowest BCUT2D eigenvalue weighted by atomic mass is 10.2. The summed E-state index contributed by atoms with van der Waals surface area (Å²) in [5.41, 5.74) is 0.